The predicted octanol–water partition coefficient (Wildman–Crippen LogP) is 4.07. The van der Waals surface area contributed by atoms with E-state index in [0.29, 0.717) is 6.54 Å². The number of anilines is 1. The Balaban J connectivity index is 1.88. The van der Waals surface area contributed by atoms with Gasteiger partial charge in [0.2, 0.25) is 5.95 Å². The molecule has 0 aliphatic heterocycles. The fourth-order valence-electron chi connectivity index (χ4n) is 2.68. The SMILES string of the molecule is CCCn1c(NCc2ccccc2OC)nc2ccccc21. The second kappa shape index (κ2) is 6.52. The van der Waals surface area contributed by atoms with Crippen LogP contribution in [0.5, 0.6) is 5.75 Å². The summed E-state index contributed by atoms with van der Waals surface area (Å²) in [5, 5.41) is 3.45. The molecule has 0 amide bonds. The highest BCUT2D eigenvalue weighted by Crippen LogP contribution is 2.22. The maximum Gasteiger partial charge on any atom is 0.204 e. The molecule has 0 aliphatic carbocycles. The Hall–Kier alpha value is -2.49. The lowest BCUT2D eigenvalue weighted by molar-refractivity contribution is 0.410. The molecule has 2 aromatic carbocycles. The number of ether oxygens (including phenoxy) is 1. The summed E-state index contributed by atoms with van der Waals surface area (Å²) in [6.45, 7) is 3.82. The van der Waals surface area contributed by atoms with E-state index in [1.54, 1.807) is 7.11 Å². The quantitative estimate of drug-likeness (QED) is 0.745. The lowest BCUT2D eigenvalue weighted by Crippen LogP contribution is -2.08. The van der Waals surface area contributed by atoms with Crippen LogP contribution in [-0.4, -0.2) is 16.7 Å². The van der Waals surface area contributed by atoms with Crippen LogP contribution in [0.1, 0.15) is 18.9 Å². The van der Waals surface area contributed by atoms with Crippen LogP contribution in [-0.2, 0) is 13.1 Å². The molecule has 3 aromatic rings. The van der Waals surface area contributed by atoms with E-state index in [4.69, 9.17) is 9.72 Å². The number of nitrogens with zero attached hydrogens (tertiary/aromatic N) is 2. The summed E-state index contributed by atoms with van der Waals surface area (Å²) in [4.78, 5) is 4.71. The van der Waals surface area contributed by atoms with Crippen molar-refractivity contribution >= 4 is 17.0 Å². The van der Waals surface area contributed by atoms with Crippen molar-refractivity contribution in [2.24, 2.45) is 0 Å². The normalized spacial score (nSPS) is 10.8. The maximum atomic E-state index is 5.40. The molecular formula is C18H21N3O. The fraction of sp³-hybridized carbons (Fsp3) is 0.278. The zero-order valence-corrected chi connectivity index (χ0v) is 13.0. The van der Waals surface area contributed by atoms with Gasteiger partial charge in [0.25, 0.3) is 0 Å². The van der Waals surface area contributed by atoms with Crippen LogP contribution in [0, 0.1) is 0 Å². The van der Waals surface area contributed by atoms with Gasteiger partial charge in [-0.05, 0) is 24.6 Å². The van der Waals surface area contributed by atoms with Crippen molar-refractivity contribution in [2.45, 2.75) is 26.4 Å². The van der Waals surface area contributed by atoms with Gasteiger partial charge in [-0.1, -0.05) is 37.3 Å². The lowest BCUT2D eigenvalue weighted by Gasteiger charge is -2.12. The zero-order chi connectivity index (χ0) is 15.4. The Morgan fingerprint density at radius 1 is 1.09 bits per heavy atom. The molecule has 4 heteroatoms. The fourth-order valence-corrected chi connectivity index (χ4v) is 2.68. The van der Waals surface area contributed by atoms with Gasteiger partial charge < -0.3 is 14.6 Å². The van der Waals surface area contributed by atoms with E-state index < -0.39 is 0 Å². The minimum atomic E-state index is 0.692. The number of methoxy groups -OCH3 is 1. The number of hydrogen-bond donors (Lipinski definition) is 1. The van der Waals surface area contributed by atoms with Crippen molar-refractivity contribution in [3.05, 3.63) is 54.1 Å². The van der Waals surface area contributed by atoms with Crippen LogP contribution >= 0.6 is 0 Å². The number of fused-ring (bicyclic) bond motifs is 1. The molecule has 0 fully saturated rings. The number of rotatable bonds is 6. The monoisotopic (exact) mass is 295 g/mol. The Morgan fingerprint density at radius 3 is 2.68 bits per heavy atom. The van der Waals surface area contributed by atoms with E-state index in [2.05, 4.69) is 41.1 Å². The molecule has 1 aromatic heterocycles. The first-order chi connectivity index (χ1) is 10.8. The van der Waals surface area contributed by atoms with Crippen LogP contribution < -0.4 is 10.1 Å². The summed E-state index contributed by atoms with van der Waals surface area (Å²) in [5.74, 6) is 1.81. The first-order valence-corrected chi connectivity index (χ1v) is 7.64. The first-order valence-electron chi connectivity index (χ1n) is 7.64. The number of benzene rings is 2. The number of nitrogens with one attached hydrogen (secondary N) is 1. The van der Waals surface area contributed by atoms with E-state index >= 15 is 0 Å². The number of hydrogen-bond acceptors (Lipinski definition) is 3. The molecule has 0 bridgehead atoms. The van der Waals surface area contributed by atoms with Crippen molar-refractivity contribution < 1.29 is 4.74 Å². The Kier molecular flexibility index (Phi) is 4.28. The van der Waals surface area contributed by atoms with E-state index in [1.165, 1.54) is 5.52 Å². The maximum absolute atomic E-state index is 5.40. The number of imidazole rings is 1. The van der Waals surface area contributed by atoms with E-state index in [1.807, 2.05) is 24.3 Å². The molecule has 1 N–H and O–H groups in total. The smallest absolute Gasteiger partial charge is 0.204 e. The van der Waals surface area contributed by atoms with Gasteiger partial charge in [0.15, 0.2) is 0 Å². The molecule has 0 saturated heterocycles. The third kappa shape index (κ3) is 2.77. The molecule has 0 atom stereocenters. The molecule has 22 heavy (non-hydrogen) atoms. The summed E-state index contributed by atoms with van der Waals surface area (Å²) in [7, 11) is 1.70. The van der Waals surface area contributed by atoms with Crippen LogP contribution in [0.4, 0.5) is 5.95 Å². The van der Waals surface area contributed by atoms with Crippen molar-refractivity contribution in [3.8, 4) is 5.75 Å². The Bertz CT molecular complexity index is 764. The summed E-state index contributed by atoms with van der Waals surface area (Å²) < 4.78 is 7.64. The molecule has 3 rings (SSSR count). The number of para-hydroxylation sites is 3. The second-order valence-electron chi connectivity index (χ2n) is 5.24. The number of aryl methyl sites for hydroxylation is 1. The van der Waals surface area contributed by atoms with Gasteiger partial charge in [-0.25, -0.2) is 4.98 Å². The standard InChI is InChI=1S/C18H21N3O/c1-3-12-21-16-10-6-5-9-15(16)20-18(21)19-13-14-8-4-7-11-17(14)22-2/h4-11H,3,12-13H2,1-2H3,(H,19,20). The minimum Gasteiger partial charge on any atom is -0.496 e. The number of aromatic nitrogens is 2. The highest BCUT2D eigenvalue weighted by atomic mass is 16.5. The van der Waals surface area contributed by atoms with Crippen LogP contribution in [0.15, 0.2) is 48.5 Å². The predicted molar refractivity (Wildman–Crippen MR) is 90.3 cm³/mol. The molecule has 1 heterocycles. The largest absolute Gasteiger partial charge is 0.496 e. The third-order valence-electron chi connectivity index (χ3n) is 3.73. The van der Waals surface area contributed by atoms with E-state index in [0.717, 1.165) is 35.7 Å². The van der Waals surface area contributed by atoms with Gasteiger partial charge in [0, 0.05) is 18.7 Å². The van der Waals surface area contributed by atoms with Crippen LogP contribution in [0.25, 0.3) is 11.0 Å². The average molecular weight is 295 g/mol. The second-order valence-corrected chi connectivity index (χ2v) is 5.24. The first kappa shape index (κ1) is 14.4. The molecule has 0 saturated carbocycles. The van der Waals surface area contributed by atoms with Gasteiger partial charge in [0.1, 0.15) is 5.75 Å². The molecule has 4 nitrogen and oxygen atoms in total. The summed E-state index contributed by atoms with van der Waals surface area (Å²) in [5.41, 5.74) is 3.32. The minimum absolute atomic E-state index is 0.692. The van der Waals surface area contributed by atoms with Gasteiger partial charge in [-0.3, -0.25) is 0 Å². The zero-order valence-electron chi connectivity index (χ0n) is 13.0. The van der Waals surface area contributed by atoms with Gasteiger partial charge >= 0.3 is 0 Å². The molecule has 114 valence electrons. The Morgan fingerprint density at radius 2 is 1.86 bits per heavy atom. The summed E-state index contributed by atoms with van der Waals surface area (Å²) in [6.07, 6.45) is 1.07. The highest BCUT2D eigenvalue weighted by Gasteiger charge is 2.10. The third-order valence-corrected chi connectivity index (χ3v) is 3.73. The van der Waals surface area contributed by atoms with Crippen molar-refractivity contribution in [2.75, 3.05) is 12.4 Å². The molecular weight excluding hydrogens is 274 g/mol. The van der Waals surface area contributed by atoms with Gasteiger partial charge in [-0.2, -0.15) is 0 Å². The van der Waals surface area contributed by atoms with Crippen molar-refractivity contribution in [3.63, 3.8) is 0 Å². The summed E-state index contributed by atoms with van der Waals surface area (Å²) in [6, 6.07) is 16.3. The molecule has 0 spiro atoms. The van der Waals surface area contributed by atoms with Crippen LogP contribution in [0.3, 0.4) is 0 Å². The highest BCUT2D eigenvalue weighted by molar-refractivity contribution is 5.78. The molecule has 0 radical (unpaired) electrons. The molecule has 0 aliphatic rings. The van der Waals surface area contributed by atoms with Gasteiger partial charge in [-0.15, -0.1) is 0 Å². The van der Waals surface area contributed by atoms with Gasteiger partial charge in [0.05, 0.1) is 18.1 Å². The van der Waals surface area contributed by atoms with Crippen molar-refractivity contribution in [1.82, 2.24) is 9.55 Å². The lowest BCUT2D eigenvalue weighted by atomic mass is 10.2. The molecule has 0 unspecified atom stereocenters. The Labute approximate surface area is 130 Å². The van der Waals surface area contributed by atoms with E-state index in [-0.39, 0.29) is 0 Å². The van der Waals surface area contributed by atoms with E-state index in [9.17, 15) is 0 Å². The van der Waals surface area contributed by atoms with Crippen LogP contribution in [0.2, 0.25) is 0 Å². The van der Waals surface area contributed by atoms with Crippen molar-refractivity contribution in [1.29, 1.82) is 0 Å². The topological polar surface area (TPSA) is 39.1 Å². The average Bonchev–Trinajstić information content (AvgIpc) is 2.91. The summed E-state index contributed by atoms with van der Waals surface area (Å²) >= 11 is 0.